The van der Waals surface area contributed by atoms with Crippen LogP contribution in [0.25, 0.3) is 10.2 Å². The Morgan fingerprint density at radius 2 is 2.05 bits per heavy atom. The zero-order valence-electron chi connectivity index (χ0n) is 10.2. The molecule has 20 heavy (non-hydrogen) atoms. The molecule has 0 spiro atoms. The van der Waals surface area contributed by atoms with Crippen molar-refractivity contribution in [1.82, 2.24) is 15.0 Å². The molecule has 3 rings (SSSR count). The Morgan fingerprint density at radius 3 is 2.85 bits per heavy atom. The van der Waals surface area contributed by atoms with Gasteiger partial charge in [-0.2, -0.15) is 0 Å². The van der Waals surface area contributed by atoms with Gasteiger partial charge in [0.1, 0.15) is 5.69 Å². The Balaban J connectivity index is 1.84. The van der Waals surface area contributed by atoms with Crippen molar-refractivity contribution in [2.45, 2.75) is 0 Å². The Labute approximate surface area is 117 Å². The molecule has 0 radical (unpaired) electrons. The van der Waals surface area contributed by atoms with E-state index in [-0.39, 0.29) is 11.6 Å². The molecule has 0 saturated carbocycles. The number of nitrogens with zero attached hydrogens (tertiary/aromatic N) is 3. The third kappa shape index (κ3) is 2.42. The number of nitrogens with one attached hydrogen (secondary N) is 2. The van der Waals surface area contributed by atoms with Crippen LogP contribution in [-0.4, -0.2) is 20.9 Å². The molecule has 0 saturated heterocycles. The van der Waals surface area contributed by atoms with E-state index in [0.29, 0.717) is 10.9 Å². The minimum Gasteiger partial charge on any atom is -0.307 e. The average Bonchev–Trinajstić information content (AvgIpc) is 2.89. The number of hydrogen-bond donors (Lipinski definition) is 3. The van der Waals surface area contributed by atoms with Gasteiger partial charge in [0.2, 0.25) is 0 Å². The lowest BCUT2D eigenvalue weighted by Gasteiger charge is -2.02. The van der Waals surface area contributed by atoms with Crippen LogP contribution < -0.4 is 16.6 Å². The van der Waals surface area contributed by atoms with Crippen LogP contribution >= 0.6 is 11.3 Å². The summed E-state index contributed by atoms with van der Waals surface area (Å²) in [5, 5.41) is 3.21. The van der Waals surface area contributed by atoms with Crippen molar-refractivity contribution < 1.29 is 4.79 Å². The van der Waals surface area contributed by atoms with Gasteiger partial charge in [-0.25, -0.2) is 15.8 Å². The number of carbonyl (C=O) groups is 1. The highest BCUT2D eigenvalue weighted by Gasteiger charge is 2.11. The van der Waals surface area contributed by atoms with Gasteiger partial charge in [-0.3, -0.25) is 15.1 Å². The van der Waals surface area contributed by atoms with E-state index in [4.69, 9.17) is 5.84 Å². The van der Waals surface area contributed by atoms with E-state index in [2.05, 4.69) is 25.7 Å². The van der Waals surface area contributed by atoms with Crippen LogP contribution in [0.1, 0.15) is 10.5 Å². The van der Waals surface area contributed by atoms with E-state index in [1.807, 2.05) is 24.3 Å². The van der Waals surface area contributed by atoms with Gasteiger partial charge in [0, 0.05) is 0 Å². The highest BCUT2D eigenvalue weighted by atomic mass is 32.1. The topological polar surface area (TPSA) is 106 Å². The van der Waals surface area contributed by atoms with Gasteiger partial charge in [0.05, 0.1) is 22.6 Å². The van der Waals surface area contributed by atoms with E-state index in [1.165, 1.54) is 23.7 Å². The summed E-state index contributed by atoms with van der Waals surface area (Å²) in [7, 11) is 0. The number of amides is 1. The normalized spacial score (nSPS) is 10.4. The molecule has 1 aromatic carbocycles. The van der Waals surface area contributed by atoms with Gasteiger partial charge >= 0.3 is 0 Å². The maximum atomic E-state index is 12.0. The Morgan fingerprint density at radius 1 is 1.20 bits per heavy atom. The highest BCUT2D eigenvalue weighted by molar-refractivity contribution is 7.22. The first-order chi connectivity index (χ1) is 9.76. The molecule has 0 bridgehead atoms. The number of hydrazine groups is 1. The summed E-state index contributed by atoms with van der Waals surface area (Å²) in [5.41, 5.74) is 3.35. The number of benzene rings is 1. The second-order valence-electron chi connectivity index (χ2n) is 3.87. The molecular weight excluding hydrogens is 276 g/mol. The van der Waals surface area contributed by atoms with Crippen LogP contribution in [0.2, 0.25) is 0 Å². The molecule has 0 atom stereocenters. The van der Waals surface area contributed by atoms with E-state index in [9.17, 15) is 4.79 Å². The lowest BCUT2D eigenvalue weighted by atomic mass is 10.3. The van der Waals surface area contributed by atoms with Crippen molar-refractivity contribution in [3.63, 3.8) is 0 Å². The molecular formula is C12H10N6OS. The SMILES string of the molecule is NNc1cncc(C(=O)Nc2nc3ccccc3s2)n1. The zero-order valence-corrected chi connectivity index (χ0v) is 11.0. The number of aromatic nitrogens is 3. The van der Waals surface area contributed by atoms with Gasteiger partial charge in [0.25, 0.3) is 5.91 Å². The smallest absolute Gasteiger partial charge is 0.277 e. The first kappa shape index (κ1) is 12.5. The van der Waals surface area contributed by atoms with E-state index >= 15 is 0 Å². The molecule has 100 valence electrons. The molecule has 2 heterocycles. The first-order valence-corrected chi connectivity index (χ1v) is 6.53. The summed E-state index contributed by atoms with van der Waals surface area (Å²) < 4.78 is 1.01. The minimum absolute atomic E-state index is 0.166. The second-order valence-corrected chi connectivity index (χ2v) is 4.91. The Kier molecular flexibility index (Phi) is 3.23. The van der Waals surface area contributed by atoms with Gasteiger partial charge in [-0.05, 0) is 12.1 Å². The van der Waals surface area contributed by atoms with Crippen LogP contribution in [0.3, 0.4) is 0 Å². The molecule has 0 aliphatic heterocycles. The molecule has 0 unspecified atom stereocenters. The van der Waals surface area contributed by atoms with Crippen LogP contribution in [0, 0.1) is 0 Å². The lowest BCUT2D eigenvalue weighted by Crippen LogP contribution is -2.16. The maximum absolute atomic E-state index is 12.0. The Hall–Kier alpha value is -2.58. The third-order valence-electron chi connectivity index (χ3n) is 2.53. The summed E-state index contributed by atoms with van der Waals surface area (Å²) in [4.78, 5) is 24.2. The quantitative estimate of drug-likeness (QED) is 0.499. The fraction of sp³-hybridized carbons (Fsp3) is 0. The van der Waals surface area contributed by atoms with Gasteiger partial charge < -0.3 is 5.43 Å². The average molecular weight is 286 g/mol. The van der Waals surface area contributed by atoms with Crippen molar-refractivity contribution in [3.8, 4) is 0 Å². The molecule has 0 aliphatic rings. The third-order valence-corrected chi connectivity index (χ3v) is 3.48. The first-order valence-electron chi connectivity index (χ1n) is 5.72. The number of nitrogen functional groups attached to an aromatic ring is 1. The number of rotatable bonds is 3. The van der Waals surface area contributed by atoms with Gasteiger partial charge in [0.15, 0.2) is 10.9 Å². The van der Waals surface area contributed by atoms with Gasteiger partial charge in [-0.1, -0.05) is 23.5 Å². The number of anilines is 2. The number of nitrogens with two attached hydrogens (primary N) is 1. The molecule has 3 aromatic rings. The molecule has 2 aromatic heterocycles. The highest BCUT2D eigenvalue weighted by Crippen LogP contribution is 2.25. The van der Waals surface area contributed by atoms with E-state index in [1.54, 1.807) is 0 Å². The molecule has 8 heteroatoms. The number of carbonyl (C=O) groups excluding carboxylic acids is 1. The number of fused-ring (bicyclic) bond motifs is 1. The minimum atomic E-state index is -0.381. The van der Waals surface area contributed by atoms with Crippen LogP contribution in [-0.2, 0) is 0 Å². The zero-order chi connectivity index (χ0) is 13.9. The van der Waals surface area contributed by atoms with Crippen molar-refractivity contribution in [1.29, 1.82) is 0 Å². The number of thiazole rings is 1. The standard InChI is InChI=1S/C12H10N6OS/c13-18-10-6-14-5-8(15-10)11(19)17-12-16-7-3-1-2-4-9(7)20-12/h1-6H,13H2,(H,15,18)(H,16,17,19). The van der Waals surface area contributed by atoms with Crippen molar-refractivity contribution >= 4 is 38.4 Å². The van der Waals surface area contributed by atoms with E-state index < -0.39 is 0 Å². The van der Waals surface area contributed by atoms with Crippen LogP contribution in [0.4, 0.5) is 10.9 Å². The fourth-order valence-corrected chi connectivity index (χ4v) is 2.49. The predicted molar refractivity (Wildman–Crippen MR) is 77.4 cm³/mol. The molecule has 0 fully saturated rings. The fourth-order valence-electron chi connectivity index (χ4n) is 1.63. The number of para-hydroxylation sites is 1. The summed E-state index contributed by atoms with van der Waals surface area (Å²) in [6.07, 6.45) is 2.79. The summed E-state index contributed by atoms with van der Waals surface area (Å²) in [6.45, 7) is 0. The second kappa shape index (κ2) is 5.19. The molecule has 1 amide bonds. The van der Waals surface area contributed by atoms with Crippen LogP contribution in [0.5, 0.6) is 0 Å². The molecule has 0 aliphatic carbocycles. The largest absolute Gasteiger partial charge is 0.307 e. The predicted octanol–water partition coefficient (Wildman–Crippen LogP) is 1.62. The van der Waals surface area contributed by atoms with E-state index in [0.717, 1.165) is 10.2 Å². The summed E-state index contributed by atoms with van der Waals surface area (Å²) >= 11 is 1.40. The van der Waals surface area contributed by atoms with Gasteiger partial charge in [-0.15, -0.1) is 0 Å². The van der Waals surface area contributed by atoms with Crippen molar-refractivity contribution in [3.05, 3.63) is 42.4 Å². The molecule has 4 N–H and O–H groups in total. The van der Waals surface area contributed by atoms with Crippen molar-refractivity contribution in [2.75, 3.05) is 10.7 Å². The number of hydrogen-bond acceptors (Lipinski definition) is 7. The monoisotopic (exact) mass is 286 g/mol. The molecule has 7 nitrogen and oxygen atoms in total. The lowest BCUT2D eigenvalue weighted by molar-refractivity contribution is 0.102. The van der Waals surface area contributed by atoms with Crippen LogP contribution in [0.15, 0.2) is 36.7 Å². The Bertz CT molecular complexity index is 738. The summed E-state index contributed by atoms with van der Waals surface area (Å²) in [6, 6.07) is 7.66. The van der Waals surface area contributed by atoms with Crippen molar-refractivity contribution in [2.24, 2.45) is 5.84 Å². The summed E-state index contributed by atoms with van der Waals surface area (Å²) in [5.74, 6) is 5.17. The maximum Gasteiger partial charge on any atom is 0.277 e.